The van der Waals surface area contributed by atoms with E-state index in [1.807, 2.05) is 18.4 Å². The molecular formula is C21H27N3O5. The zero-order chi connectivity index (χ0) is 20.7. The zero-order valence-corrected chi connectivity index (χ0v) is 17.0. The summed E-state index contributed by atoms with van der Waals surface area (Å²) in [6.07, 6.45) is 5.49. The predicted molar refractivity (Wildman–Crippen MR) is 103 cm³/mol. The van der Waals surface area contributed by atoms with Crippen molar-refractivity contribution in [2.75, 3.05) is 13.2 Å². The van der Waals surface area contributed by atoms with E-state index in [4.69, 9.17) is 4.74 Å². The van der Waals surface area contributed by atoms with Crippen molar-refractivity contribution in [2.24, 2.45) is 0 Å². The number of carbonyl (C=O) groups excluding carboxylic acids is 4. The lowest BCUT2D eigenvalue weighted by molar-refractivity contribution is -0.143. The number of carbonyl (C=O) groups is 4. The van der Waals surface area contributed by atoms with Gasteiger partial charge in [-0.2, -0.15) is 0 Å². The minimum Gasteiger partial charge on any atom is -0.376 e. The van der Waals surface area contributed by atoms with Gasteiger partial charge in [-0.15, -0.1) is 0 Å². The van der Waals surface area contributed by atoms with Crippen molar-refractivity contribution in [1.29, 1.82) is 0 Å². The molecule has 1 atom stereocenters. The highest BCUT2D eigenvalue weighted by atomic mass is 16.5. The summed E-state index contributed by atoms with van der Waals surface area (Å²) in [4.78, 5) is 52.2. The minimum atomic E-state index is -0.900. The topological polar surface area (TPSA) is 88.9 Å². The van der Waals surface area contributed by atoms with Gasteiger partial charge in [-0.1, -0.05) is 12.8 Å². The average Bonchev–Trinajstić information content (AvgIpc) is 3.47. The number of aryl methyl sites for hydroxylation is 1. The molecule has 0 radical (unpaired) electrons. The minimum absolute atomic E-state index is 0.141. The second-order valence-corrected chi connectivity index (χ2v) is 8.24. The summed E-state index contributed by atoms with van der Waals surface area (Å²) in [6, 6.07) is 0.901. The molecule has 4 rings (SSSR count). The van der Waals surface area contributed by atoms with E-state index in [1.54, 1.807) is 6.07 Å². The first-order valence-electron chi connectivity index (χ1n) is 10.4. The Balaban J connectivity index is 1.49. The smallest absolute Gasteiger partial charge is 0.334 e. The number of imide groups is 2. The van der Waals surface area contributed by atoms with Crippen molar-refractivity contribution in [2.45, 2.75) is 71.1 Å². The Morgan fingerprint density at radius 3 is 2.45 bits per heavy atom. The van der Waals surface area contributed by atoms with Crippen molar-refractivity contribution in [3.8, 4) is 0 Å². The molecule has 156 valence electrons. The maximum atomic E-state index is 12.9. The molecule has 3 fully saturated rings. The van der Waals surface area contributed by atoms with E-state index in [-0.39, 0.29) is 17.9 Å². The van der Waals surface area contributed by atoms with Crippen molar-refractivity contribution < 1.29 is 23.9 Å². The second kappa shape index (κ2) is 7.74. The molecule has 0 N–H and O–H groups in total. The van der Waals surface area contributed by atoms with E-state index >= 15 is 0 Å². The van der Waals surface area contributed by atoms with Crippen LogP contribution in [-0.2, 0) is 20.9 Å². The quantitative estimate of drug-likeness (QED) is 0.414. The normalized spacial score (nSPS) is 23.1. The van der Waals surface area contributed by atoms with E-state index < -0.39 is 24.4 Å². The molecule has 1 aromatic rings. The Morgan fingerprint density at radius 2 is 1.79 bits per heavy atom. The fourth-order valence-corrected chi connectivity index (χ4v) is 4.73. The summed E-state index contributed by atoms with van der Waals surface area (Å²) in [7, 11) is 0. The highest BCUT2D eigenvalue weighted by Crippen LogP contribution is 2.28. The number of amides is 4. The Kier molecular flexibility index (Phi) is 5.29. The first-order valence-corrected chi connectivity index (χ1v) is 10.4. The van der Waals surface area contributed by atoms with Crippen molar-refractivity contribution in [3.63, 3.8) is 0 Å². The highest BCUT2D eigenvalue weighted by Gasteiger charge is 2.48. The number of nitrogens with zero attached hydrogens (tertiary/aromatic N) is 3. The molecule has 8 nitrogen and oxygen atoms in total. The first kappa shape index (κ1) is 19.8. The van der Waals surface area contributed by atoms with Gasteiger partial charge in [0.25, 0.3) is 0 Å². The van der Waals surface area contributed by atoms with Gasteiger partial charge < -0.3 is 9.30 Å². The van der Waals surface area contributed by atoms with E-state index in [0.29, 0.717) is 12.1 Å². The van der Waals surface area contributed by atoms with Crippen LogP contribution in [0.1, 0.15) is 60.3 Å². The van der Waals surface area contributed by atoms with Gasteiger partial charge in [-0.3, -0.25) is 19.3 Å². The van der Waals surface area contributed by atoms with Crippen LogP contribution in [0.3, 0.4) is 0 Å². The average molecular weight is 401 g/mol. The zero-order valence-electron chi connectivity index (χ0n) is 17.0. The fraction of sp³-hybridized carbons (Fsp3) is 0.619. The van der Waals surface area contributed by atoms with E-state index in [0.717, 1.165) is 66.3 Å². The van der Waals surface area contributed by atoms with Crippen LogP contribution >= 0.6 is 0 Å². The second-order valence-electron chi connectivity index (χ2n) is 8.24. The number of urea groups is 1. The van der Waals surface area contributed by atoms with E-state index in [2.05, 4.69) is 0 Å². The number of rotatable bonds is 6. The Bertz CT molecular complexity index is 862. The van der Waals surface area contributed by atoms with Crippen LogP contribution in [0.4, 0.5) is 4.79 Å². The summed E-state index contributed by atoms with van der Waals surface area (Å²) in [5.74, 6) is -2.04. The molecular weight excluding hydrogens is 374 g/mol. The number of ether oxygens (including phenoxy) is 1. The molecule has 1 unspecified atom stereocenters. The van der Waals surface area contributed by atoms with Gasteiger partial charge in [-0.05, 0) is 45.6 Å². The molecule has 3 aliphatic rings. The van der Waals surface area contributed by atoms with Crippen LogP contribution in [0, 0.1) is 13.8 Å². The molecule has 1 saturated carbocycles. The fourth-order valence-electron chi connectivity index (χ4n) is 4.73. The van der Waals surface area contributed by atoms with Gasteiger partial charge in [0, 0.05) is 36.1 Å². The SMILES string of the molecule is Cc1cc(C(=O)CN2C(=O)C(=O)N(C3CCCC3)C2=O)c(C)n1CC1CCCO1. The standard InChI is InChI=1S/C21H27N3O5/c1-13-10-17(14(2)22(13)11-16-8-5-9-29-16)18(25)12-23-19(26)20(27)24(21(23)28)15-6-3-4-7-15/h10,15-16H,3-9,11-12H2,1-2H3. The lowest BCUT2D eigenvalue weighted by atomic mass is 10.1. The first-order chi connectivity index (χ1) is 13.9. The largest absolute Gasteiger partial charge is 0.376 e. The van der Waals surface area contributed by atoms with Crippen LogP contribution in [0.15, 0.2) is 6.07 Å². The van der Waals surface area contributed by atoms with Crippen molar-refractivity contribution in [1.82, 2.24) is 14.4 Å². The van der Waals surface area contributed by atoms with Gasteiger partial charge >= 0.3 is 17.8 Å². The number of hydrogen-bond acceptors (Lipinski definition) is 5. The maximum Gasteiger partial charge on any atom is 0.334 e. The molecule has 8 heteroatoms. The monoisotopic (exact) mass is 401 g/mol. The van der Waals surface area contributed by atoms with Crippen molar-refractivity contribution in [3.05, 3.63) is 23.0 Å². The van der Waals surface area contributed by atoms with Gasteiger partial charge in [0.15, 0.2) is 5.78 Å². The summed E-state index contributed by atoms with van der Waals surface area (Å²) < 4.78 is 7.75. The maximum absolute atomic E-state index is 12.9. The lowest BCUT2D eigenvalue weighted by Gasteiger charge is -2.20. The molecule has 0 aromatic carbocycles. The Labute approximate surface area is 169 Å². The molecule has 0 bridgehead atoms. The molecule has 3 heterocycles. The predicted octanol–water partition coefficient (Wildman–Crippen LogP) is 2.20. The van der Waals surface area contributed by atoms with Crippen LogP contribution in [0.2, 0.25) is 0 Å². The number of Topliss-reactive ketones (excluding diaryl/α,β-unsaturated/α-hetero) is 1. The Hall–Kier alpha value is -2.48. The third-order valence-electron chi connectivity index (χ3n) is 6.36. The summed E-state index contributed by atoms with van der Waals surface area (Å²) >= 11 is 0. The van der Waals surface area contributed by atoms with Gasteiger partial charge in [0.2, 0.25) is 0 Å². The van der Waals surface area contributed by atoms with Crippen LogP contribution in [-0.4, -0.2) is 63.3 Å². The number of ketones is 1. The molecule has 4 amide bonds. The molecule has 2 aliphatic heterocycles. The molecule has 2 saturated heterocycles. The number of aromatic nitrogens is 1. The van der Waals surface area contributed by atoms with Crippen molar-refractivity contribution >= 4 is 23.6 Å². The van der Waals surface area contributed by atoms with Crippen LogP contribution in [0.5, 0.6) is 0 Å². The molecule has 29 heavy (non-hydrogen) atoms. The van der Waals surface area contributed by atoms with E-state index in [9.17, 15) is 19.2 Å². The molecule has 0 spiro atoms. The van der Waals surface area contributed by atoms with Gasteiger partial charge in [0.1, 0.15) is 0 Å². The summed E-state index contributed by atoms with van der Waals surface area (Å²) in [6.45, 7) is 4.83. The summed E-state index contributed by atoms with van der Waals surface area (Å²) in [5.41, 5.74) is 2.21. The van der Waals surface area contributed by atoms with Crippen LogP contribution in [0.25, 0.3) is 0 Å². The van der Waals surface area contributed by atoms with E-state index in [1.165, 1.54) is 0 Å². The third-order valence-corrected chi connectivity index (χ3v) is 6.36. The molecule has 1 aromatic heterocycles. The van der Waals surface area contributed by atoms with Gasteiger partial charge in [0.05, 0.1) is 12.6 Å². The van der Waals surface area contributed by atoms with Gasteiger partial charge in [-0.25, -0.2) is 9.69 Å². The molecule has 1 aliphatic carbocycles. The third kappa shape index (κ3) is 3.50. The lowest BCUT2D eigenvalue weighted by Crippen LogP contribution is -2.41. The van der Waals surface area contributed by atoms with Crippen LogP contribution < -0.4 is 0 Å². The Morgan fingerprint density at radius 1 is 1.07 bits per heavy atom. The number of hydrogen-bond donors (Lipinski definition) is 0. The highest BCUT2D eigenvalue weighted by molar-refractivity contribution is 6.45. The summed E-state index contributed by atoms with van der Waals surface area (Å²) in [5, 5.41) is 0.